The lowest BCUT2D eigenvalue weighted by Crippen LogP contribution is -2.14. The highest BCUT2D eigenvalue weighted by Crippen LogP contribution is 2.39. The Bertz CT molecular complexity index is 522. The van der Waals surface area contributed by atoms with E-state index in [0.29, 0.717) is 6.54 Å². The second-order valence-corrected chi connectivity index (χ2v) is 6.08. The van der Waals surface area contributed by atoms with E-state index in [1.54, 1.807) is 6.07 Å². The minimum Gasteiger partial charge on any atom is -0.326 e. The lowest BCUT2D eigenvalue weighted by atomic mass is 9.85. The molecule has 1 aromatic carbocycles. The average Bonchev–Trinajstić information content (AvgIpc) is 2.57. The summed E-state index contributed by atoms with van der Waals surface area (Å²) in [6, 6.07) is 5.25. The monoisotopic (exact) mass is 237 g/mol. The second kappa shape index (κ2) is 3.82. The summed E-state index contributed by atoms with van der Waals surface area (Å²) in [7, 11) is 0. The van der Waals surface area contributed by atoms with Crippen molar-refractivity contribution in [1.82, 2.24) is 0 Å². The molecule has 0 aliphatic carbocycles. The molecule has 0 saturated carbocycles. The van der Waals surface area contributed by atoms with Crippen molar-refractivity contribution in [3.63, 3.8) is 0 Å². The molecule has 2 rings (SSSR count). The van der Waals surface area contributed by atoms with Gasteiger partial charge >= 0.3 is 0 Å². The fraction of sp³-hybridized carbons (Fsp3) is 0.385. The number of hydrogen-bond acceptors (Lipinski definition) is 2. The molecular weight excluding hydrogens is 221 g/mol. The molecule has 0 amide bonds. The molecule has 1 heterocycles. The second-order valence-electron chi connectivity index (χ2n) is 4.97. The fourth-order valence-corrected chi connectivity index (χ4v) is 3.39. The molecule has 1 aromatic heterocycles. The van der Waals surface area contributed by atoms with Gasteiger partial charge in [0.15, 0.2) is 0 Å². The van der Waals surface area contributed by atoms with Crippen LogP contribution in [0.2, 0.25) is 0 Å². The molecule has 0 saturated heterocycles. The largest absolute Gasteiger partial charge is 0.326 e. The van der Waals surface area contributed by atoms with E-state index in [2.05, 4.69) is 20.8 Å². The van der Waals surface area contributed by atoms with E-state index in [1.807, 2.05) is 6.07 Å². The Morgan fingerprint density at radius 1 is 1.31 bits per heavy atom. The SMILES string of the molecule is CC(C)(C)c1c(CN)sc2c(F)cccc12. The van der Waals surface area contributed by atoms with Crippen LogP contribution in [0, 0.1) is 5.82 Å². The van der Waals surface area contributed by atoms with Gasteiger partial charge in [0.1, 0.15) is 5.82 Å². The summed E-state index contributed by atoms with van der Waals surface area (Å²) in [5.74, 6) is -0.146. The molecule has 86 valence electrons. The topological polar surface area (TPSA) is 26.0 Å². The maximum absolute atomic E-state index is 13.7. The lowest BCUT2D eigenvalue weighted by Gasteiger charge is -2.20. The quantitative estimate of drug-likeness (QED) is 0.802. The minimum absolute atomic E-state index is 0.000741. The molecule has 0 aliphatic heterocycles. The molecule has 2 N–H and O–H groups in total. The fourth-order valence-electron chi connectivity index (χ4n) is 2.10. The Kier molecular flexibility index (Phi) is 2.76. The number of hydrogen-bond donors (Lipinski definition) is 1. The van der Waals surface area contributed by atoms with Gasteiger partial charge in [0.25, 0.3) is 0 Å². The van der Waals surface area contributed by atoms with Gasteiger partial charge in [-0.2, -0.15) is 0 Å². The van der Waals surface area contributed by atoms with Crippen molar-refractivity contribution in [2.75, 3.05) is 0 Å². The Labute approximate surface area is 99.1 Å². The third kappa shape index (κ3) is 1.74. The van der Waals surface area contributed by atoms with E-state index in [9.17, 15) is 4.39 Å². The normalized spacial score (nSPS) is 12.3. The van der Waals surface area contributed by atoms with E-state index >= 15 is 0 Å². The van der Waals surface area contributed by atoms with E-state index in [1.165, 1.54) is 23.0 Å². The van der Waals surface area contributed by atoms with Crippen molar-refractivity contribution in [3.8, 4) is 0 Å². The smallest absolute Gasteiger partial charge is 0.141 e. The van der Waals surface area contributed by atoms with Crippen LogP contribution in [0.15, 0.2) is 18.2 Å². The van der Waals surface area contributed by atoms with Gasteiger partial charge in [-0.15, -0.1) is 11.3 Å². The lowest BCUT2D eigenvalue weighted by molar-refractivity contribution is 0.591. The molecule has 0 spiro atoms. The standard InChI is InChI=1S/C13H16FNS/c1-13(2,3)11-8-5-4-6-9(14)12(8)16-10(11)7-15/h4-6H,7,15H2,1-3H3. The van der Waals surface area contributed by atoms with Crippen LogP contribution >= 0.6 is 11.3 Å². The zero-order valence-corrected chi connectivity index (χ0v) is 10.6. The third-order valence-corrected chi connectivity index (χ3v) is 3.91. The van der Waals surface area contributed by atoms with E-state index in [0.717, 1.165) is 15.0 Å². The minimum atomic E-state index is -0.146. The summed E-state index contributed by atoms with van der Waals surface area (Å²) < 4.78 is 14.4. The predicted molar refractivity (Wildman–Crippen MR) is 68.4 cm³/mol. The van der Waals surface area contributed by atoms with Crippen molar-refractivity contribution in [1.29, 1.82) is 0 Å². The molecule has 0 atom stereocenters. The highest BCUT2D eigenvalue weighted by Gasteiger charge is 2.23. The summed E-state index contributed by atoms with van der Waals surface area (Å²) in [5, 5.41) is 1.01. The molecule has 1 nitrogen and oxygen atoms in total. The van der Waals surface area contributed by atoms with Crippen LogP contribution in [-0.4, -0.2) is 0 Å². The van der Waals surface area contributed by atoms with Gasteiger partial charge in [-0.3, -0.25) is 0 Å². The molecule has 0 bridgehead atoms. The van der Waals surface area contributed by atoms with Crippen LogP contribution in [-0.2, 0) is 12.0 Å². The van der Waals surface area contributed by atoms with Crippen molar-refractivity contribution >= 4 is 21.4 Å². The Hall–Kier alpha value is -0.930. The van der Waals surface area contributed by atoms with Crippen molar-refractivity contribution < 1.29 is 4.39 Å². The molecule has 0 fully saturated rings. The number of benzene rings is 1. The molecule has 0 aliphatic rings. The number of fused-ring (bicyclic) bond motifs is 1. The molecule has 2 aromatic rings. The summed E-state index contributed by atoms with van der Waals surface area (Å²) >= 11 is 1.48. The van der Waals surface area contributed by atoms with Gasteiger partial charge in [-0.1, -0.05) is 32.9 Å². The summed E-state index contributed by atoms with van der Waals surface area (Å²) in [5.41, 5.74) is 6.94. The van der Waals surface area contributed by atoms with Gasteiger partial charge < -0.3 is 5.73 Å². The summed E-state index contributed by atoms with van der Waals surface area (Å²) in [4.78, 5) is 1.09. The Morgan fingerprint density at radius 2 is 2.00 bits per heavy atom. The number of halogens is 1. The molecule has 0 unspecified atom stereocenters. The van der Waals surface area contributed by atoms with E-state index in [-0.39, 0.29) is 11.2 Å². The Morgan fingerprint density at radius 3 is 2.56 bits per heavy atom. The maximum atomic E-state index is 13.7. The van der Waals surface area contributed by atoms with Gasteiger partial charge in [0, 0.05) is 11.4 Å². The van der Waals surface area contributed by atoms with Crippen LogP contribution in [0.25, 0.3) is 10.1 Å². The average molecular weight is 237 g/mol. The zero-order chi connectivity index (χ0) is 11.9. The van der Waals surface area contributed by atoms with Crippen molar-refractivity contribution in [2.45, 2.75) is 32.7 Å². The maximum Gasteiger partial charge on any atom is 0.141 e. The van der Waals surface area contributed by atoms with Crippen LogP contribution in [0.5, 0.6) is 0 Å². The Balaban J connectivity index is 2.84. The molecule has 0 radical (unpaired) electrons. The van der Waals surface area contributed by atoms with Gasteiger partial charge in [0.05, 0.1) is 4.70 Å². The van der Waals surface area contributed by atoms with E-state index < -0.39 is 0 Å². The predicted octanol–water partition coefficient (Wildman–Crippen LogP) is 3.80. The summed E-state index contributed by atoms with van der Waals surface area (Å²) in [6.45, 7) is 6.89. The van der Waals surface area contributed by atoms with Crippen LogP contribution in [0.1, 0.15) is 31.2 Å². The van der Waals surface area contributed by atoms with Crippen molar-refractivity contribution in [2.24, 2.45) is 5.73 Å². The number of nitrogens with two attached hydrogens (primary N) is 1. The number of rotatable bonds is 1. The molecule has 16 heavy (non-hydrogen) atoms. The highest BCUT2D eigenvalue weighted by molar-refractivity contribution is 7.19. The molecule has 3 heteroatoms. The first-order valence-corrected chi connectivity index (χ1v) is 6.17. The zero-order valence-electron chi connectivity index (χ0n) is 9.80. The summed E-state index contributed by atoms with van der Waals surface area (Å²) in [6.07, 6.45) is 0. The van der Waals surface area contributed by atoms with E-state index in [4.69, 9.17) is 5.73 Å². The van der Waals surface area contributed by atoms with Crippen LogP contribution in [0.3, 0.4) is 0 Å². The highest BCUT2D eigenvalue weighted by atomic mass is 32.1. The van der Waals surface area contributed by atoms with Crippen molar-refractivity contribution in [3.05, 3.63) is 34.5 Å². The first-order valence-electron chi connectivity index (χ1n) is 5.35. The van der Waals surface area contributed by atoms with Crippen LogP contribution < -0.4 is 5.73 Å². The number of thiophene rings is 1. The molecular formula is C13H16FNS. The first kappa shape index (κ1) is 11.6. The third-order valence-electron chi connectivity index (χ3n) is 2.68. The first-order chi connectivity index (χ1) is 7.45. The van der Waals surface area contributed by atoms with Gasteiger partial charge in [0.2, 0.25) is 0 Å². The van der Waals surface area contributed by atoms with Gasteiger partial charge in [-0.05, 0) is 22.4 Å². The van der Waals surface area contributed by atoms with Gasteiger partial charge in [-0.25, -0.2) is 4.39 Å². The van der Waals surface area contributed by atoms with Crippen LogP contribution in [0.4, 0.5) is 4.39 Å².